The molecule has 0 radical (unpaired) electrons. The molecule has 1 aliphatic heterocycles. The highest BCUT2D eigenvalue weighted by molar-refractivity contribution is 5.93. The first kappa shape index (κ1) is 14.6. The van der Waals surface area contributed by atoms with Crippen LogP contribution in [-0.4, -0.2) is 46.8 Å². The van der Waals surface area contributed by atoms with Crippen molar-refractivity contribution in [1.82, 2.24) is 20.0 Å². The first-order valence-electron chi connectivity index (χ1n) is 6.45. The molecule has 1 N–H and O–H groups in total. The fourth-order valence-corrected chi connectivity index (χ4v) is 2.21. The molecule has 0 spiro atoms. The Hall–Kier alpha value is -1.85. The predicted octanol–water partition coefficient (Wildman–Crippen LogP) is 1.34. The number of aromatic nitrogens is 2. The van der Waals surface area contributed by atoms with Gasteiger partial charge in [-0.05, 0) is 12.1 Å². The Labute approximate surface area is 124 Å². The predicted molar refractivity (Wildman–Crippen MR) is 79.6 cm³/mol. The Bertz CT molecular complexity index is 564. The van der Waals surface area contributed by atoms with Crippen molar-refractivity contribution in [3.8, 4) is 5.69 Å². The van der Waals surface area contributed by atoms with Gasteiger partial charge in [0.25, 0.3) is 5.91 Å². The fourth-order valence-electron chi connectivity index (χ4n) is 2.21. The standard InChI is InChI=1S/C14H16N4O.ClH/c19-14(17-8-6-15-7-9-17)12-10-16-18(11-12)13-4-2-1-3-5-13;/h1-5,10-11,15H,6-9H2;1H. The van der Waals surface area contributed by atoms with E-state index in [0.29, 0.717) is 5.56 Å². The van der Waals surface area contributed by atoms with Crippen molar-refractivity contribution < 1.29 is 4.79 Å². The van der Waals surface area contributed by atoms with Crippen LogP contribution in [0.5, 0.6) is 0 Å². The zero-order chi connectivity index (χ0) is 13.1. The van der Waals surface area contributed by atoms with Crippen LogP contribution in [0.2, 0.25) is 0 Å². The smallest absolute Gasteiger partial charge is 0.257 e. The van der Waals surface area contributed by atoms with Gasteiger partial charge in [0.15, 0.2) is 0 Å². The van der Waals surface area contributed by atoms with Gasteiger partial charge in [-0.1, -0.05) is 18.2 Å². The van der Waals surface area contributed by atoms with Crippen molar-refractivity contribution in [2.45, 2.75) is 0 Å². The maximum atomic E-state index is 12.3. The third kappa shape index (κ3) is 3.00. The van der Waals surface area contributed by atoms with Crippen LogP contribution >= 0.6 is 12.4 Å². The van der Waals surface area contributed by atoms with Gasteiger partial charge in [0.1, 0.15) is 0 Å². The minimum atomic E-state index is 0. The minimum Gasteiger partial charge on any atom is -0.336 e. The van der Waals surface area contributed by atoms with Gasteiger partial charge in [0, 0.05) is 32.4 Å². The fraction of sp³-hybridized carbons (Fsp3) is 0.286. The van der Waals surface area contributed by atoms with Gasteiger partial charge in [-0.2, -0.15) is 5.10 Å². The van der Waals surface area contributed by atoms with Crippen molar-refractivity contribution in [2.24, 2.45) is 0 Å². The molecule has 1 amide bonds. The van der Waals surface area contributed by atoms with E-state index < -0.39 is 0 Å². The molecule has 5 nitrogen and oxygen atoms in total. The summed E-state index contributed by atoms with van der Waals surface area (Å²) >= 11 is 0. The number of para-hydroxylation sites is 1. The lowest BCUT2D eigenvalue weighted by Crippen LogP contribution is -2.46. The Morgan fingerprint density at radius 3 is 2.55 bits per heavy atom. The van der Waals surface area contributed by atoms with Crippen LogP contribution in [0.25, 0.3) is 5.69 Å². The number of carbonyl (C=O) groups excluding carboxylic acids is 1. The molecule has 1 aliphatic rings. The molecule has 1 fully saturated rings. The molecule has 0 bridgehead atoms. The lowest BCUT2D eigenvalue weighted by Gasteiger charge is -2.26. The van der Waals surface area contributed by atoms with Crippen molar-refractivity contribution >= 4 is 18.3 Å². The van der Waals surface area contributed by atoms with Crippen molar-refractivity contribution in [2.75, 3.05) is 26.2 Å². The van der Waals surface area contributed by atoms with Crippen LogP contribution in [0.15, 0.2) is 42.7 Å². The zero-order valence-corrected chi connectivity index (χ0v) is 11.8. The van der Waals surface area contributed by atoms with Crippen LogP contribution in [0.4, 0.5) is 0 Å². The largest absolute Gasteiger partial charge is 0.336 e. The number of piperazine rings is 1. The van der Waals surface area contributed by atoms with E-state index in [2.05, 4.69) is 10.4 Å². The topological polar surface area (TPSA) is 50.2 Å². The molecule has 0 aliphatic carbocycles. The molecule has 2 heterocycles. The lowest BCUT2D eigenvalue weighted by atomic mass is 10.2. The van der Waals surface area contributed by atoms with E-state index in [9.17, 15) is 4.79 Å². The lowest BCUT2D eigenvalue weighted by molar-refractivity contribution is 0.0736. The van der Waals surface area contributed by atoms with Crippen molar-refractivity contribution in [1.29, 1.82) is 0 Å². The molecular formula is C14H17ClN4O. The summed E-state index contributed by atoms with van der Waals surface area (Å²) in [5.41, 5.74) is 1.60. The van der Waals surface area contributed by atoms with Gasteiger partial charge in [0.2, 0.25) is 0 Å². The Morgan fingerprint density at radius 2 is 1.85 bits per heavy atom. The zero-order valence-electron chi connectivity index (χ0n) is 11.0. The summed E-state index contributed by atoms with van der Waals surface area (Å²) in [5.74, 6) is 0.0590. The molecule has 1 aromatic carbocycles. The monoisotopic (exact) mass is 292 g/mol. The number of rotatable bonds is 2. The number of benzene rings is 1. The van der Waals surface area contributed by atoms with Crippen LogP contribution in [0.3, 0.4) is 0 Å². The minimum absolute atomic E-state index is 0. The molecule has 6 heteroatoms. The summed E-state index contributed by atoms with van der Waals surface area (Å²) in [4.78, 5) is 14.2. The highest BCUT2D eigenvalue weighted by atomic mass is 35.5. The van der Waals surface area contributed by atoms with E-state index in [4.69, 9.17) is 0 Å². The van der Waals surface area contributed by atoms with Crippen LogP contribution < -0.4 is 5.32 Å². The molecule has 1 aromatic heterocycles. The number of carbonyl (C=O) groups is 1. The van der Waals surface area contributed by atoms with Crippen LogP contribution in [0.1, 0.15) is 10.4 Å². The molecule has 3 rings (SSSR count). The molecule has 106 valence electrons. The number of hydrogen-bond donors (Lipinski definition) is 1. The van der Waals surface area contributed by atoms with Crippen molar-refractivity contribution in [3.63, 3.8) is 0 Å². The molecule has 20 heavy (non-hydrogen) atoms. The van der Waals surface area contributed by atoms with Crippen molar-refractivity contribution in [3.05, 3.63) is 48.3 Å². The van der Waals surface area contributed by atoms with E-state index >= 15 is 0 Å². The van der Waals surface area contributed by atoms with E-state index in [-0.39, 0.29) is 18.3 Å². The summed E-state index contributed by atoms with van der Waals surface area (Å²) in [5, 5.41) is 7.49. The van der Waals surface area contributed by atoms with Gasteiger partial charge in [-0.3, -0.25) is 4.79 Å². The Balaban J connectivity index is 0.00000147. The number of amides is 1. The van der Waals surface area contributed by atoms with E-state index in [1.807, 2.05) is 35.2 Å². The van der Waals surface area contributed by atoms with Gasteiger partial charge >= 0.3 is 0 Å². The summed E-state index contributed by atoms with van der Waals surface area (Å²) in [6.07, 6.45) is 3.43. The second-order valence-corrected chi connectivity index (χ2v) is 4.55. The van der Waals surface area contributed by atoms with E-state index in [0.717, 1.165) is 31.9 Å². The van der Waals surface area contributed by atoms with Crippen LogP contribution in [-0.2, 0) is 0 Å². The van der Waals surface area contributed by atoms with Gasteiger partial charge in [-0.15, -0.1) is 12.4 Å². The molecule has 0 atom stereocenters. The third-order valence-electron chi connectivity index (χ3n) is 3.25. The number of halogens is 1. The number of nitrogens with one attached hydrogen (secondary N) is 1. The summed E-state index contributed by atoms with van der Waals surface area (Å²) in [6.45, 7) is 3.24. The highest BCUT2D eigenvalue weighted by Gasteiger charge is 2.19. The van der Waals surface area contributed by atoms with E-state index in [1.54, 1.807) is 17.1 Å². The quantitative estimate of drug-likeness (QED) is 0.909. The summed E-state index contributed by atoms with van der Waals surface area (Å²) < 4.78 is 1.73. The average molecular weight is 293 g/mol. The maximum absolute atomic E-state index is 12.3. The Kier molecular flexibility index (Phi) is 4.76. The normalized spacial score (nSPS) is 14.7. The van der Waals surface area contributed by atoms with Gasteiger partial charge in [0.05, 0.1) is 17.4 Å². The average Bonchev–Trinajstić information content (AvgIpc) is 2.98. The van der Waals surface area contributed by atoms with E-state index in [1.165, 1.54) is 0 Å². The first-order chi connectivity index (χ1) is 9.34. The SMILES string of the molecule is Cl.O=C(c1cnn(-c2ccccc2)c1)N1CCNCC1. The molecule has 2 aromatic rings. The molecular weight excluding hydrogens is 276 g/mol. The van der Waals surface area contributed by atoms with Crippen LogP contribution in [0, 0.1) is 0 Å². The maximum Gasteiger partial charge on any atom is 0.257 e. The third-order valence-corrected chi connectivity index (χ3v) is 3.25. The summed E-state index contributed by atoms with van der Waals surface area (Å²) in [7, 11) is 0. The highest BCUT2D eigenvalue weighted by Crippen LogP contribution is 2.10. The van der Waals surface area contributed by atoms with Gasteiger partial charge in [-0.25, -0.2) is 4.68 Å². The second kappa shape index (κ2) is 6.54. The number of nitrogens with zero attached hydrogens (tertiary/aromatic N) is 3. The number of hydrogen-bond acceptors (Lipinski definition) is 3. The summed E-state index contributed by atoms with van der Waals surface area (Å²) in [6, 6.07) is 9.79. The molecule has 0 unspecified atom stereocenters. The second-order valence-electron chi connectivity index (χ2n) is 4.55. The molecule has 1 saturated heterocycles. The molecule has 0 saturated carbocycles. The first-order valence-corrected chi connectivity index (χ1v) is 6.45. The Morgan fingerprint density at radius 1 is 1.15 bits per heavy atom. The van der Waals surface area contributed by atoms with Gasteiger partial charge < -0.3 is 10.2 Å².